The van der Waals surface area contributed by atoms with E-state index >= 15 is 0 Å². The quantitative estimate of drug-likeness (QED) is 0.844. The lowest BCUT2D eigenvalue weighted by Crippen LogP contribution is -2.05. The van der Waals surface area contributed by atoms with E-state index in [0.29, 0.717) is 18.4 Å². The number of nitrogens with zero attached hydrogens (tertiary/aromatic N) is 2. The Labute approximate surface area is 125 Å². The lowest BCUT2D eigenvalue weighted by Gasteiger charge is -2.09. The third-order valence-electron chi connectivity index (χ3n) is 2.80. The maximum absolute atomic E-state index is 5.82. The van der Waals surface area contributed by atoms with E-state index in [2.05, 4.69) is 22.2 Å². The van der Waals surface area contributed by atoms with Crippen LogP contribution in [0.4, 0.5) is 5.95 Å². The molecule has 0 saturated carbocycles. The van der Waals surface area contributed by atoms with Crippen LogP contribution in [0.25, 0.3) is 0 Å². The van der Waals surface area contributed by atoms with Crippen molar-refractivity contribution in [3.05, 3.63) is 41.6 Å². The molecule has 5 nitrogen and oxygen atoms in total. The van der Waals surface area contributed by atoms with E-state index in [0.717, 1.165) is 30.0 Å². The zero-order valence-corrected chi connectivity index (χ0v) is 12.7. The molecule has 0 unspecified atom stereocenters. The number of rotatable bonds is 7. The summed E-state index contributed by atoms with van der Waals surface area (Å²) in [5, 5.41) is 3.17. The van der Waals surface area contributed by atoms with Gasteiger partial charge in [-0.05, 0) is 31.0 Å². The van der Waals surface area contributed by atoms with E-state index in [1.807, 2.05) is 37.3 Å². The Bertz CT molecular complexity index is 587. The highest BCUT2D eigenvalue weighted by molar-refractivity contribution is 5.35. The molecule has 5 heteroatoms. The normalized spacial score (nSPS) is 10.4. The highest BCUT2D eigenvalue weighted by atomic mass is 16.5. The van der Waals surface area contributed by atoms with Crippen LogP contribution >= 0.6 is 0 Å². The number of hydrogen-bond donors (Lipinski definition) is 1. The van der Waals surface area contributed by atoms with Crippen LogP contribution in [-0.4, -0.2) is 23.6 Å². The van der Waals surface area contributed by atoms with Crippen LogP contribution in [-0.2, 0) is 11.3 Å². The molecule has 0 radical (unpaired) electrons. The van der Waals surface area contributed by atoms with Crippen molar-refractivity contribution in [3.8, 4) is 11.6 Å². The van der Waals surface area contributed by atoms with Crippen LogP contribution in [0, 0.1) is 6.92 Å². The topological polar surface area (TPSA) is 56.3 Å². The lowest BCUT2D eigenvalue weighted by molar-refractivity contribution is 0.184. The number of methoxy groups -OCH3 is 1. The SMILES string of the molecule is CCCNc1nc(C)cc(Oc2cccc(COC)c2)n1. The smallest absolute Gasteiger partial charge is 0.226 e. The molecule has 1 N–H and O–H groups in total. The fourth-order valence-electron chi connectivity index (χ4n) is 1.89. The lowest BCUT2D eigenvalue weighted by atomic mass is 10.2. The van der Waals surface area contributed by atoms with Crippen molar-refractivity contribution in [3.63, 3.8) is 0 Å². The average Bonchev–Trinajstić information content (AvgIpc) is 2.45. The molecule has 0 aliphatic rings. The first-order valence-electron chi connectivity index (χ1n) is 7.06. The molecule has 0 atom stereocenters. The highest BCUT2D eigenvalue weighted by Gasteiger charge is 2.05. The second kappa shape index (κ2) is 7.59. The summed E-state index contributed by atoms with van der Waals surface area (Å²) in [6.07, 6.45) is 1.02. The van der Waals surface area contributed by atoms with Crippen molar-refractivity contribution >= 4 is 5.95 Å². The summed E-state index contributed by atoms with van der Waals surface area (Å²) in [4.78, 5) is 8.70. The van der Waals surface area contributed by atoms with Gasteiger partial charge in [0, 0.05) is 25.4 Å². The summed E-state index contributed by atoms with van der Waals surface area (Å²) in [7, 11) is 1.67. The van der Waals surface area contributed by atoms with Gasteiger partial charge in [0.2, 0.25) is 11.8 Å². The fourth-order valence-corrected chi connectivity index (χ4v) is 1.89. The van der Waals surface area contributed by atoms with Gasteiger partial charge in [-0.2, -0.15) is 4.98 Å². The van der Waals surface area contributed by atoms with Gasteiger partial charge < -0.3 is 14.8 Å². The average molecular weight is 287 g/mol. The first kappa shape index (κ1) is 15.3. The minimum Gasteiger partial charge on any atom is -0.439 e. The summed E-state index contributed by atoms with van der Waals surface area (Å²) in [6.45, 7) is 5.42. The second-order valence-electron chi connectivity index (χ2n) is 4.78. The third kappa shape index (κ3) is 4.72. The number of hydrogen-bond acceptors (Lipinski definition) is 5. The van der Waals surface area contributed by atoms with E-state index in [1.54, 1.807) is 7.11 Å². The van der Waals surface area contributed by atoms with Gasteiger partial charge >= 0.3 is 0 Å². The summed E-state index contributed by atoms with van der Waals surface area (Å²) in [5.41, 5.74) is 1.93. The molecule has 0 bridgehead atoms. The molecule has 0 spiro atoms. The molecule has 0 fully saturated rings. The predicted molar refractivity (Wildman–Crippen MR) is 82.8 cm³/mol. The highest BCUT2D eigenvalue weighted by Crippen LogP contribution is 2.22. The van der Waals surface area contributed by atoms with E-state index < -0.39 is 0 Å². The van der Waals surface area contributed by atoms with Crippen molar-refractivity contribution < 1.29 is 9.47 Å². The van der Waals surface area contributed by atoms with Crippen LogP contribution in [0.2, 0.25) is 0 Å². The van der Waals surface area contributed by atoms with Gasteiger partial charge in [0.25, 0.3) is 0 Å². The summed E-state index contributed by atoms with van der Waals surface area (Å²) >= 11 is 0. The standard InChI is InChI=1S/C16H21N3O2/c1-4-8-17-16-18-12(2)9-15(19-16)21-14-7-5-6-13(10-14)11-20-3/h5-7,9-10H,4,8,11H2,1-3H3,(H,17,18,19). The molecule has 0 saturated heterocycles. The van der Waals surface area contributed by atoms with Crippen LogP contribution in [0.15, 0.2) is 30.3 Å². The number of aryl methyl sites for hydroxylation is 1. The Balaban J connectivity index is 2.14. The molecule has 0 aliphatic heterocycles. The van der Waals surface area contributed by atoms with E-state index in [-0.39, 0.29) is 0 Å². The number of benzene rings is 1. The van der Waals surface area contributed by atoms with Crippen molar-refractivity contribution in [1.82, 2.24) is 9.97 Å². The van der Waals surface area contributed by atoms with Crippen molar-refractivity contribution in [2.45, 2.75) is 26.9 Å². The molecule has 1 heterocycles. The minimum absolute atomic E-state index is 0.538. The third-order valence-corrected chi connectivity index (χ3v) is 2.80. The van der Waals surface area contributed by atoms with Crippen molar-refractivity contribution in [1.29, 1.82) is 0 Å². The maximum Gasteiger partial charge on any atom is 0.226 e. The maximum atomic E-state index is 5.82. The molecular formula is C16H21N3O2. The molecule has 2 rings (SSSR count). The van der Waals surface area contributed by atoms with Crippen LogP contribution in [0.1, 0.15) is 24.6 Å². The zero-order chi connectivity index (χ0) is 15.1. The van der Waals surface area contributed by atoms with E-state index in [4.69, 9.17) is 9.47 Å². The van der Waals surface area contributed by atoms with Gasteiger partial charge in [-0.1, -0.05) is 19.1 Å². The monoisotopic (exact) mass is 287 g/mol. The second-order valence-corrected chi connectivity index (χ2v) is 4.78. The van der Waals surface area contributed by atoms with E-state index in [9.17, 15) is 0 Å². The van der Waals surface area contributed by atoms with Crippen molar-refractivity contribution in [2.75, 3.05) is 19.0 Å². The Morgan fingerprint density at radius 1 is 1.19 bits per heavy atom. The summed E-state index contributed by atoms with van der Waals surface area (Å²) in [5.74, 6) is 1.87. The molecule has 0 amide bonds. The Kier molecular flexibility index (Phi) is 5.51. The molecule has 112 valence electrons. The van der Waals surface area contributed by atoms with Gasteiger partial charge in [0.05, 0.1) is 6.61 Å². The molecule has 21 heavy (non-hydrogen) atoms. The summed E-state index contributed by atoms with van der Waals surface area (Å²) < 4.78 is 10.9. The first-order chi connectivity index (χ1) is 10.2. The van der Waals surface area contributed by atoms with Gasteiger partial charge in [-0.15, -0.1) is 0 Å². The largest absolute Gasteiger partial charge is 0.439 e. The Morgan fingerprint density at radius 2 is 2.05 bits per heavy atom. The van der Waals surface area contributed by atoms with Gasteiger partial charge in [0.15, 0.2) is 0 Å². The predicted octanol–water partition coefficient (Wildman–Crippen LogP) is 3.55. The number of aromatic nitrogens is 2. The van der Waals surface area contributed by atoms with Crippen LogP contribution < -0.4 is 10.1 Å². The fraction of sp³-hybridized carbons (Fsp3) is 0.375. The van der Waals surface area contributed by atoms with Crippen LogP contribution in [0.5, 0.6) is 11.6 Å². The summed E-state index contributed by atoms with van der Waals surface area (Å²) in [6, 6.07) is 9.60. The molecule has 2 aromatic rings. The van der Waals surface area contributed by atoms with Gasteiger partial charge in [-0.3, -0.25) is 0 Å². The number of nitrogens with one attached hydrogen (secondary N) is 1. The van der Waals surface area contributed by atoms with Gasteiger partial charge in [-0.25, -0.2) is 4.98 Å². The molecular weight excluding hydrogens is 266 g/mol. The van der Waals surface area contributed by atoms with Crippen molar-refractivity contribution in [2.24, 2.45) is 0 Å². The Morgan fingerprint density at radius 3 is 2.81 bits per heavy atom. The number of anilines is 1. The van der Waals surface area contributed by atoms with Gasteiger partial charge in [0.1, 0.15) is 5.75 Å². The van der Waals surface area contributed by atoms with E-state index in [1.165, 1.54) is 0 Å². The minimum atomic E-state index is 0.538. The Hall–Kier alpha value is -2.14. The molecule has 1 aromatic heterocycles. The zero-order valence-electron chi connectivity index (χ0n) is 12.7. The number of ether oxygens (including phenoxy) is 2. The molecule has 0 aliphatic carbocycles. The molecule has 1 aromatic carbocycles. The first-order valence-corrected chi connectivity index (χ1v) is 7.06. The van der Waals surface area contributed by atoms with Crippen LogP contribution in [0.3, 0.4) is 0 Å².